The van der Waals surface area contributed by atoms with Crippen molar-refractivity contribution >= 4 is 17.5 Å². The van der Waals surface area contributed by atoms with Gasteiger partial charge in [-0.2, -0.15) is 0 Å². The Bertz CT molecular complexity index is 825. The van der Waals surface area contributed by atoms with Crippen molar-refractivity contribution in [2.45, 2.75) is 38.3 Å². The zero-order valence-electron chi connectivity index (χ0n) is 16.1. The molecule has 0 atom stereocenters. The minimum Gasteiger partial charge on any atom is -0.349 e. The Hall–Kier alpha value is -2.66. The molecule has 0 aromatic heterocycles. The van der Waals surface area contributed by atoms with Gasteiger partial charge in [0.1, 0.15) is 0 Å². The number of hydrogen-bond donors (Lipinski definition) is 2. The molecule has 1 aliphatic heterocycles. The number of carbonyl (C=O) groups is 2. The van der Waals surface area contributed by atoms with Gasteiger partial charge in [0, 0.05) is 42.8 Å². The molecule has 146 valence electrons. The normalized spacial score (nSPS) is 17.9. The third-order valence-corrected chi connectivity index (χ3v) is 5.51. The van der Waals surface area contributed by atoms with Crippen LogP contribution in [0.3, 0.4) is 0 Å². The largest absolute Gasteiger partial charge is 0.349 e. The van der Waals surface area contributed by atoms with Gasteiger partial charge < -0.3 is 10.6 Å². The van der Waals surface area contributed by atoms with Crippen LogP contribution >= 0.6 is 0 Å². The van der Waals surface area contributed by atoms with E-state index in [0.717, 1.165) is 45.3 Å². The Morgan fingerprint density at radius 2 is 1.68 bits per heavy atom. The summed E-state index contributed by atoms with van der Waals surface area (Å²) in [4.78, 5) is 27.0. The summed E-state index contributed by atoms with van der Waals surface area (Å²) in [5.74, 6) is 0.144. The highest BCUT2D eigenvalue weighted by atomic mass is 16.2. The molecular weight excluding hydrogens is 350 g/mol. The first-order chi connectivity index (χ1) is 13.7. The van der Waals surface area contributed by atoms with Crippen molar-refractivity contribution in [1.29, 1.82) is 0 Å². The quantitative estimate of drug-likeness (QED) is 0.811. The summed E-state index contributed by atoms with van der Waals surface area (Å²) in [6.07, 6.45) is 3.84. The van der Waals surface area contributed by atoms with Gasteiger partial charge in [0.05, 0.1) is 0 Å². The lowest BCUT2D eigenvalue weighted by molar-refractivity contribution is -0.117. The number of benzene rings is 2. The Morgan fingerprint density at radius 3 is 2.39 bits per heavy atom. The lowest BCUT2D eigenvalue weighted by Crippen LogP contribution is -2.44. The fourth-order valence-electron chi connectivity index (χ4n) is 3.67. The molecule has 1 saturated carbocycles. The number of amides is 2. The van der Waals surface area contributed by atoms with E-state index in [9.17, 15) is 9.59 Å². The number of nitrogens with zero attached hydrogens (tertiary/aromatic N) is 1. The first-order valence-electron chi connectivity index (χ1n) is 10.2. The van der Waals surface area contributed by atoms with E-state index < -0.39 is 0 Å². The topological polar surface area (TPSA) is 61.4 Å². The van der Waals surface area contributed by atoms with Crippen molar-refractivity contribution in [2.24, 2.45) is 5.92 Å². The molecule has 5 heteroatoms. The first kappa shape index (κ1) is 18.7. The van der Waals surface area contributed by atoms with Crippen LogP contribution in [0.1, 0.15) is 41.6 Å². The zero-order valence-corrected chi connectivity index (χ0v) is 16.1. The standard InChI is InChI=1S/C23H27N3O2/c27-22(18-9-10-18)25-21-8-4-7-19(15-21)23(28)24-20-11-13-26(14-12-20)16-17-5-2-1-3-6-17/h1-8,15,18,20H,9-14,16H2,(H,24,28)(H,25,27). The third-order valence-electron chi connectivity index (χ3n) is 5.51. The van der Waals surface area contributed by atoms with Gasteiger partial charge in [0.2, 0.25) is 5.91 Å². The van der Waals surface area contributed by atoms with Crippen molar-refractivity contribution < 1.29 is 9.59 Å². The first-order valence-corrected chi connectivity index (χ1v) is 10.2. The van der Waals surface area contributed by atoms with Crippen molar-refractivity contribution in [3.05, 3.63) is 65.7 Å². The average molecular weight is 377 g/mol. The van der Waals surface area contributed by atoms with E-state index in [0.29, 0.717) is 11.3 Å². The molecule has 4 rings (SSSR count). The summed E-state index contributed by atoms with van der Waals surface area (Å²) in [6.45, 7) is 2.93. The predicted octanol–water partition coefficient (Wildman–Crippen LogP) is 3.43. The second kappa shape index (κ2) is 8.57. The highest BCUT2D eigenvalue weighted by Gasteiger charge is 2.29. The fraction of sp³-hybridized carbons (Fsp3) is 0.391. The van der Waals surface area contributed by atoms with Crippen LogP contribution in [0, 0.1) is 5.92 Å². The van der Waals surface area contributed by atoms with Gasteiger partial charge in [-0.05, 0) is 49.4 Å². The summed E-state index contributed by atoms with van der Waals surface area (Å²) < 4.78 is 0. The number of piperidine rings is 1. The van der Waals surface area contributed by atoms with Crippen LogP contribution in [0.15, 0.2) is 54.6 Å². The molecule has 2 fully saturated rings. The summed E-state index contributed by atoms with van der Waals surface area (Å²) >= 11 is 0. The summed E-state index contributed by atoms with van der Waals surface area (Å²) in [7, 11) is 0. The lowest BCUT2D eigenvalue weighted by Gasteiger charge is -2.32. The van der Waals surface area contributed by atoms with Gasteiger partial charge in [0.15, 0.2) is 0 Å². The molecule has 1 saturated heterocycles. The molecule has 1 aliphatic carbocycles. The van der Waals surface area contributed by atoms with Gasteiger partial charge in [0.25, 0.3) is 5.91 Å². The van der Waals surface area contributed by atoms with Gasteiger partial charge in [-0.15, -0.1) is 0 Å². The second-order valence-electron chi connectivity index (χ2n) is 7.85. The van der Waals surface area contributed by atoms with Crippen LogP contribution in [-0.4, -0.2) is 35.8 Å². The third kappa shape index (κ3) is 4.98. The smallest absolute Gasteiger partial charge is 0.251 e. The van der Waals surface area contributed by atoms with Crippen molar-refractivity contribution in [3.8, 4) is 0 Å². The summed E-state index contributed by atoms with van der Waals surface area (Å²) in [6, 6.07) is 17.9. The number of carbonyl (C=O) groups excluding carboxylic acids is 2. The van der Waals surface area contributed by atoms with E-state index in [1.54, 1.807) is 12.1 Å². The van der Waals surface area contributed by atoms with Gasteiger partial charge in [-0.3, -0.25) is 14.5 Å². The molecule has 2 aliphatic rings. The lowest BCUT2D eigenvalue weighted by atomic mass is 10.0. The molecule has 2 N–H and O–H groups in total. The summed E-state index contributed by atoms with van der Waals surface area (Å²) in [5.41, 5.74) is 2.62. The van der Waals surface area contributed by atoms with Gasteiger partial charge in [-0.25, -0.2) is 0 Å². The van der Waals surface area contributed by atoms with Crippen molar-refractivity contribution in [3.63, 3.8) is 0 Å². The molecular formula is C23H27N3O2. The zero-order chi connectivity index (χ0) is 19.3. The number of rotatable bonds is 6. The predicted molar refractivity (Wildman–Crippen MR) is 110 cm³/mol. The molecule has 0 spiro atoms. The van der Waals surface area contributed by atoms with E-state index in [4.69, 9.17) is 0 Å². The minimum atomic E-state index is -0.0657. The van der Waals surface area contributed by atoms with Crippen molar-refractivity contribution in [2.75, 3.05) is 18.4 Å². The molecule has 0 unspecified atom stereocenters. The number of hydrogen-bond acceptors (Lipinski definition) is 3. The van der Waals surface area contributed by atoms with Gasteiger partial charge >= 0.3 is 0 Å². The van der Waals surface area contributed by atoms with Crippen LogP contribution < -0.4 is 10.6 Å². The molecule has 5 nitrogen and oxygen atoms in total. The van der Waals surface area contributed by atoms with E-state index in [1.165, 1.54) is 5.56 Å². The molecule has 28 heavy (non-hydrogen) atoms. The Morgan fingerprint density at radius 1 is 0.929 bits per heavy atom. The maximum absolute atomic E-state index is 12.6. The van der Waals surface area contributed by atoms with Crippen LogP contribution in [0.25, 0.3) is 0 Å². The minimum absolute atomic E-state index is 0.0587. The van der Waals surface area contributed by atoms with E-state index in [1.807, 2.05) is 18.2 Å². The maximum Gasteiger partial charge on any atom is 0.251 e. The molecule has 2 amide bonds. The van der Waals surface area contributed by atoms with Gasteiger partial charge in [-0.1, -0.05) is 36.4 Å². The number of nitrogens with one attached hydrogen (secondary N) is 2. The molecule has 0 radical (unpaired) electrons. The SMILES string of the molecule is O=C(NC1CCN(Cc2ccccc2)CC1)c1cccc(NC(=O)C2CC2)c1. The van der Waals surface area contributed by atoms with Crippen LogP contribution in [0.4, 0.5) is 5.69 Å². The maximum atomic E-state index is 12.6. The second-order valence-corrected chi connectivity index (χ2v) is 7.85. The highest BCUT2D eigenvalue weighted by molar-refractivity contribution is 5.98. The fourth-order valence-corrected chi connectivity index (χ4v) is 3.67. The Kier molecular flexibility index (Phi) is 5.72. The number of likely N-dealkylation sites (tertiary alicyclic amines) is 1. The molecule has 2 aromatic carbocycles. The molecule has 2 aromatic rings. The van der Waals surface area contributed by atoms with Crippen LogP contribution in [-0.2, 0) is 11.3 Å². The van der Waals surface area contributed by atoms with Crippen LogP contribution in [0.5, 0.6) is 0 Å². The van der Waals surface area contributed by atoms with Crippen molar-refractivity contribution in [1.82, 2.24) is 10.2 Å². The average Bonchev–Trinajstić information content (AvgIpc) is 3.56. The van der Waals surface area contributed by atoms with Crippen LogP contribution in [0.2, 0.25) is 0 Å². The van der Waals surface area contributed by atoms with E-state index in [-0.39, 0.29) is 23.8 Å². The molecule has 1 heterocycles. The Balaban J connectivity index is 1.27. The van der Waals surface area contributed by atoms with E-state index in [2.05, 4.69) is 39.8 Å². The highest BCUT2D eigenvalue weighted by Crippen LogP contribution is 2.30. The number of anilines is 1. The monoisotopic (exact) mass is 377 g/mol. The Labute approximate surface area is 166 Å². The summed E-state index contributed by atoms with van der Waals surface area (Å²) in [5, 5.41) is 6.06. The van der Waals surface area contributed by atoms with E-state index >= 15 is 0 Å². The molecule has 0 bridgehead atoms.